The van der Waals surface area contributed by atoms with Gasteiger partial charge in [-0.15, -0.1) is 11.3 Å². The van der Waals surface area contributed by atoms with Crippen LogP contribution in [0.15, 0.2) is 36.4 Å². The molecule has 0 aliphatic carbocycles. The van der Waals surface area contributed by atoms with Crippen LogP contribution in [-0.2, 0) is 16.1 Å². The second kappa shape index (κ2) is 10.3. The summed E-state index contributed by atoms with van der Waals surface area (Å²) in [5, 5.41) is 0. The summed E-state index contributed by atoms with van der Waals surface area (Å²) in [5.41, 5.74) is 0.898. The zero-order valence-electron chi connectivity index (χ0n) is 17.8. The van der Waals surface area contributed by atoms with Crippen LogP contribution >= 0.6 is 22.9 Å². The van der Waals surface area contributed by atoms with Crippen LogP contribution in [0.25, 0.3) is 0 Å². The summed E-state index contributed by atoms with van der Waals surface area (Å²) in [5.74, 6) is 0.556. The van der Waals surface area contributed by atoms with Gasteiger partial charge in [0, 0.05) is 30.5 Å². The van der Waals surface area contributed by atoms with Gasteiger partial charge in [-0.05, 0) is 31.0 Å². The fourth-order valence-corrected chi connectivity index (χ4v) is 5.27. The maximum absolute atomic E-state index is 13.5. The minimum absolute atomic E-state index is 0.0458. The number of para-hydroxylation sites is 1. The molecule has 2 unspecified atom stereocenters. The lowest BCUT2D eigenvalue weighted by molar-refractivity contribution is -0.147. The van der Waals surface area contributed by atoms with Gasteiger partial charge in [0.05, 0.1) is 30.0 Å². The maximum Gasteiger partial charge on any atom is 0.228 e. The summed E-state index contributed by atoms with van der Waals surface area (Å²) in [7, 11) is 3.45. The van der Waals surface area contributed by atoms with Gasteiger partial charge in [-0.2, -0.15) is 0 Å². The van der Waals surface area contributed by atoms with E-state index in [0.29, 0.717) is 36.0 Å². The average molecular weight is 449 g/mol. The van der Waals surface area contributed by atoms with Gasteiger partial charge >= 0.3 is 0 Å². The second-order valence-corrected chi connectivity index (χ2v) is 9.47. The zero-order chi connectivity index (χ0) is 21.7. The summed E-state index contributed by atoms with van der Waals surface area (Å²) in [6.45, 7) is 3.26. The number of rotatable bonds is 8. The molecule has 1 aromatic heterocycles. The first-order chi connectivity index (χ1) is 14.5. The van der Waals surface area contributed by atoms with E-state index >= 15 is 0 Å². The Balaban J connectivity index is 1.93. The molecule has 1 aromatic carbocycles. The monoisotopic (exact) mass is 448 g/mol. The van der Waals surface area contributed by atoms with E-state index in [-0.39, 0.29) is 23.8 Å². The van der Waals surface area contributed by atoms with Crippen molar-refractivity contribution in [1.29, 1.82) is 0 Å². The molecule has 7 heteroatoms. The standard InChI is InChI=1S/C23H29ClN2O3S/c1-4-5-14-26-21(27)13-11-18(22(26)17-8-6-7-9-19(17)29-3)23(28)25(2)15-16-10-12-20(24)30-16/h6-10,12,18,22H,4-5,11,13-15H2,1-3H3. The normalized spacial score (nSPS) is 19.1. The molecule has 2 heterocycles. The van der Waals surface area contributed by atoms with Crippen molar-refractivity contribution in [2.45, 2.75) is 45.2 Å². The Kier molecular flexibility index (Phi) is 7.78. The summed E-state index contributed by atoms with van der Waals surface area (Å²) in [6.07, 6.45) is 2.82. The third-order valence-corrected chi connectivity index (χ3v) is 6.85. The molecule has 1 aliphatic rings. The van der Waals surface area contributed by atoms with Gasteiger partial charge in [-0.25, -0.2) is 0 Å². The highest BCUT2D eigenvalue weighted by Gasteiger charge is 2.42. The van der Waals surface area contributed by atoms with E-state index in [4.69, 9.17) is 16.3 Å². The Bertz CT molecular complexity index is 885. The van der Waals surface area contributed by atoms with Gasteiger partial charge in [0.25, 0.3) is 0 Å². The Morgan fingerprint density at radius 1 is 1.30 bits per heavy atom. The molecule has 2 aromatic rings. The molecule has 1 aliphatic heterocycles. The molecule has 0 radical (unpaired) electrons. The van der Waals surface area contributed by atoms with E-state index in [1.807, 2.05) is 48.3 Å². The van der Waals surface area contributed by atoms with Gasteiger partial charge in [-0.1, -0.05) is 43.1 Å². The number of methoxy groups -OCH3 is 1. The van der Waals surface area contributed by atoms with Crippen molar-refractivity contribution in [3.63, 3.8) is 0 Å². The summed E-state index contributed by atoms with van der Waals surface area (Å²) in [6, 6.07) is 11.2. The fourth-order valence-electron chi connectivity index (χ4n) is 4.13. The number of halogens is 1. The van der Waals surface area contributed by atoms with Gasteiger partial charge in [0.15, 0.2) is 0 Å². The van der Waals surface area contributed by atoms with Crippen LogP contribution in [0.1, 0.15) is 49.1 Å². The molecular weight excluding hydrogens is 420 g/mol. The summed E-state index contributed by atoms with van der Waals surface area (Å²) in [4.78, 5) is 31.1. The third-order valence-electron chi connectivity index (χ3n) is 5.63. The minimum atomic E-state index is -0.323. The number of hydrogen-bond donors (Lipinski definition) is 0. The zero-order valence-corrected chi connectivity index (χ0v) is 19.3. The Morgan fingerprint density at radius 2 is 2.07 bits per heavy atom. The van der Waals surface area contributed by atoms with Crippen LogP contribution in [-0.4, -0.2) is 42.3 Å². The number of carbonyl (C=O) groups excluding carboxylic acids is 2. The van der Waals surface area contributed by atoms with Crippen molar-refractivity contribution >= 4 is 34.8 Å². The van der Waals surface area contributed by atoms with Crippen molar-refractivity contribution in [2.75, 3.05) is 20.7 Å². The average Bonchev–Trinajstić information content (AvgIpc) is 3.16. The number of thiophene rings is 1. The molecule has 0 bridgehead atoms. The molecule has 0 spiro atoms. The van der Waals surface area contributed by atoms with Crippen molar-refractivity contribution in [1.82, 2.24) is 9.80 Å². The molecule has 1 fully saturated rings. The van der Waals surface area contributed by atoms with E-state index in [1.54, 1.807) is 12.0 Å². The molecule has 0 N–H and O–H groups in total. The number of hydrogen-bond acceptors (Lipinski definition) is 4. The number of piperidine rings is 1. The number of benzene rings is 1. The number of carbonyl (C=O) groups is 2. The lowest BCUT2D eigenvalue weighted by atomic mass is 9.82. The predicted molar refractivity (Wildman–Crippen MR) is 121 cm³/mol. The minimum Gasteiger partial charge on any atom is -0.496 e. The third kappa shape index (κ3) is 4.98. The van der Waals surface area contributed by atoms with E-state index in [0.717, 1.165) is 23.3 Å². The first kappa shape index (κ1) is 22.6. The van der Waals surface area contributed by atoms with Gasteiger partial charge < -0.3 is 14.5 Å². The molecule has 0 saturated carbocycles. The van der Waals surface area contributed by atoms with Crippen molar-refractivity contribution < 1.29 is 14.3 Å². The quantitative estimate of drug-likeness (QED) is 0.561. The second-order valence-electron chi connectivity index (χ2n) is 7.67. The van der Waals surface area contributed by atoms with Crippen LogP contribution in [0, 0.1) is 5.92 Å². The highest BCUT2D eigenvalue weighted by Crippen LogP contribution is 2.41. The smallest absolute Gasteiger partial charge is 0.228 e. The Labute approximate surface area is 187 Å². The fraction of sp³-hybridized carbons (Fsp3) is 0.478. The van der Waals surface area contributed by atoms with E-state index < -0.39 is 0 Å². The first-order valence-electron chi connectivity index (χ1n) is 10.4. The largest absolute Gasteiger partial charge is 0.496 e. The number of likely N-dealkylation sites (tertiary alicyclic amines) is 1. The van der Waals surface area contributed by atoms with Crippen molar-refractivity contribution in [3.05, 3.63) is 51.2 Å². The molecule has 5 nitrogen and oxygen atoms in total. The molecule has 2 amide bonds. The first-order valence-corrected chi connectivity index (χ1v) is 11.6. The molecule has 30 heavy (non-hydrogen) atoms. The maximum atomic E-state index is 13.5. The number of nitrogens with zero attached hydrogens (tertiary/aromatic N) is 2. The molecule has 2 atom stereocenters. The van der Waals surface area contributed by atoms with Crippen LogP contribution < -0.4 is 4.74 Å². The van der Waals surface area contributed by atoms with Crippen LogP contribution in [0.4, 0.5) is 0 Å². The van der Waals surface area contributed by atoms with Crippen LogP contribution in [0.5, 0.6) is 5.75 Å². The molecule has 3 rings (SSSR count). The highest BCUT2D eigenvalue weighted by molar-refractivity contribution is 7.16. The number of amides is 2. The van der Waals surface area contributed by atoms with Crippen molar-refractivity contribution in [3.8, 4) is 5.75 Å². The van der Waals surface area contributed by atoms with Crippen LogP contribution in [0.3, 0.4) is 0 Å². The topological polar surface area (TPSA) is 49.9 Å². The Morgan fingerprint density at radius 3 is 2.73 bits per heavy atom. The van der Waals surface area contributed by atoms with Gasteiger partial charge in [0.1, 0.15) is 5.75 Å². The van der Waals surface area contributed by atoms with E-state index in [1.165, 1.54) is 11.3 Å². The predicted octanol–water partition coefficient (Wildman–Crippen LogP) is 5.15. The number of unbranched alkanes of at least 4 members (excludes halogenated alkanes) is 1. The van der Waals surface area contributed by atoms with Gasteiger partial charge in [0.2, 0.25) is 11.8 Å². The number of ether oxygens (including phenoxy) is 1. The van der Waals surface area contributed by atoms with Gasteiger partial charge in [-0.3, -0.25) is 9.59 Å². The summed E-state index contributed by atoms with van der Waals surface area (Å²) >= 11 is 7.53. The van der Waals surface area contributed by atoms with E-state index in [9.17, 15) is 9.59 Å². The van der Waals surface area contributed by atoms with Crippen LogP contribution in [0.2, 0.25) is 4.34 Å². The summed E-state index contributed by atoms with van der Waals surface area (Å²) < 4.78 is 6.31. The molecule has 1 saturated heterocycles. The highest BCUT2D eigenvalue weighted by atomic mass is 35.5. The molecule has 162 valence electrons. The van der Waals surface area contributed by atoms with Crippen molar-refractivity contribution in [2.24, 2.45) is 5.92 Å². The SMILES string of the molecule is CCCCN1C(=O)CCC(C(=O)N(C)Cc2ccc(Cl)s2)C1c1ccccc1OC. The lowest BCUT2D eigenvalue weighted by Gasteiger charge is -2.42. The lowest BCUT2D eigenvalue weighted by Crippen LogP contribution is -2.48. The molecular formula is C23H29ClN2O3S. The van der Waals surface area contributed by atoms with E-state index in [2.05, 4.69) is 6.92 Å². The Hall–Kier alpha value is -2.05.